The summed E-state index contributed by atoms with van der Waals surface area (Å²) in [7, 11) is 0. The molecule has 1 aromatic heterocycles. The van der Waals surface area contributed by atoms with Crippen molar-refractivity contribution in [3.8, 4) is 0 Å². The molecule has 9 nitrogen and oxygen atoms in total. The summed E-state index contributed by atoms with van der Waals surface area (Å²) in [6, 6.07) is 7.44. The van der Waals surface area contributed by atoms with E-state index in [1.807, 2.05) is 0 Å². The maximum Gasteiger partial charge on any atom is 0.338 e. The number of ether oxygens (including phenoxy) is 2. The molecule has 2 aromatic rings. The van der Waals surface area contributed by atoms with Gasteiger partial charge in [0.1, 0.15) is 5.76 Å². The average molecular weight is 412 g/mol. The van der Waals surface area contributed by atoms with Crippen LogP contribution < -0.4 is 5.32 Å². The molecule has 3 amide bonds. The number of hydrogen-bond acceptors (Lipinski definition) is 7. The number of fused-ring (bicyclic) bond motifs is 1. The van der Waals surface area contributed by atoms with Gasteiger partial charge in [0.05, 0.1) is 35.6 Å². The van der Waals surface area contributed by atoms with Crippen molar-refractivity contribution in [1.82, 2.24) is 10.2 Å². The highest BCUT2D eigenvalue weighted by Crippen LogP contribution is 2.26. The fourth-order valence-corrected chi connectivity index (χ4v) is 3.42. The van der Waals surface area contributed by atoms with E-state index >= 15 is 0 Å². The summed E-state index contributed by atoms with van der Waals surface area (Å²) >= 11 is 0. The number of rotatable bonds is 7. The van der Waals surface area contributed by atoms with Crippen LogP contribution in [0.2, 0.25) is 0 Å². The van der Waals surface area contributed by atoms with Crippen molar-refractivity contribution in [2.75, 3.05) is 19.8 Å². The lowest BCUT2D eigenvalue weighted by molar-refractivity contribution is -0.124. The van der Waals surface area contributed by atoms with Gasteiger partial charge in [-0.2, -0.15) is 0 Å². The first-order valence-electron chi connectivity index (χ1n) is 9.61. The number of hydrogen-bond donors (Lipinski definition) is 1. The second-order valence-corrected chi connectivity index (χ2v) is 7.05. The Labute approximate surface area is 171 Å². The van der Waals surface area contributed by atoms with Crippen molar-refractivity contribution in [2.24, 2.45) is 0 Å². The van der Waals surface area contributed by atoms with E-state index in [-0.39, 0.29) is 29.3 Å². The number of carbonyl (C=O) groups excluding carboxylic acids is 4. The number of carbonyl (C=O) groups is 4. The molecule has 2 aliphatic heterocycles. The van der Waals surface area contributed by atoms with E-state index in [2.05, 4.69) is 5.32 Å². The van der Waals surface area contributed by atoms with Gasteiger partial charge in [0.25, 0.3) is 17.7 Å². The van der Waals surface area contributed by atoms with Gasteiger partial charge < -0.3 is 19.2 Å². The van der Waals surface area contributed by atoms with Gasteiger partial charge in [-0.3, -0.25) is 19.3 Å². The van der Waals surface area contributed by atoms with E-state index in [4.69, 9.17) is 13.9 Å². The molecule has 1 N–H and O–H groups in total. The lowest BCUT2D eigenvalue weighted by atomic mass is 10.1. The van der Waals surface area contributed by atoms with Gasteiger partial charge in [-0.1, -0.05) is 0 Å². The Morgan fingerprint density at radius 1 is 1.17 bits per heavy atom. The summed E-state index contributed by atoms with van der Waals surface area (Å²) in [5.74, 6) is -1.70. The largest absolute Gasteiger partial charge is 0.467 e. The van der Waals surface area contributed by atoms with Crippen LogP contribution in [-0.2, 0) is 20.8 Å². The molecule has 2 aliphatic rings. The van der Waals surface area contributed by atoms with Gasteiger partial charge >= 0.3 is 5.97 Å². The number of furan rings is 1. The first-order chi connectivity index (χ1) is 14.5. The zero-order valence-electron chi connectivity index (χ0n) is 16.1. The summed E-state index contributed by atoms with van der Waals surface area (Å²) in [6.07, 6.45) is 3.31. The molecule has 0 unspecified atom stereocenters. The molecule has 1 aromatic carbocycles. The summed E-state index contributed by atoms with van der Waals surface area (Å²) in [5.41, 5.74) is 0.405. The average Bonchev–Trinajstić information content (AvgIpc) is 3.50. The summed E-state index contributed by atoms with van der Waals surface area (Å²) in [6.45, 7) is 0.621. The molecular weight excluding hydrogens is 392 g/mol. The second-order valence-electron chi connectivity index (χ2n) is 7.05. The van der Waals surface area contributed by atoms with Crippen LogP contribution in [0.3, 0.4) is 0 Å². The van der Waals surface area contributed by atoms with Gasteiger partial charge in [-0.15, -0.1) is 0 Å². The zero-order valence-corrected chi connectivity index (χ0v) is 16.1. The molecule has 30 heavy (non-hydrogen) atoms. The van der Waals surface area contributed by atoms with E-state index in [9.17, 15) is 19.2 Å². The van der Waals surface area contributed by atoms with Crippen molar-refractivity contribution in [2.45, 2.75) is 25.5 Å². The van der Waals surface area contributed by atoms with Crippen molar-refractivity contribution in [1.29, 1.82) is 0 Å². The van der Waals surface area contributed by atoms with Crippen LogP contribution in [0.15, 0.2) is 41.0 Å². The first kappa shape index (κ1) is 19.8. The van der Waals surface area contributed by atoms with Gasteiger partial charge in [-0.05, 0) is 43.2 Å². The van der Waals surface area contributed by atoms with Crippen molar-refractivity contribution in [3.63, 3.8) is 0 Å². The third-order valence-electron chi connectivity index (χ3n) is 4.99. The Morgan fingerprint density at radius 2 is 2.00 bits per heavy atom. The number of nitrogens with zero attached hydrogens (tertiary/aromatic N) is 1. The van der Waals surface area contributed by atoms with Crippen LogP contribution in [0.5, 0.6) is 0 Å². The third kappa shape index (κ3) is 4.11. The first-order valence-corrected chi connectivity index (χ1v) is 9.61. The summed E-state index contributed by atoms with van der Waals surface area (Å²) < 4.78 is 15.6. The molecular formula is C21H20N2O7. The minimum Gasteiger partial charge on any atom is -0.467 e. The minimum absolute atomic E-state index is 0.00397. The molecule has 3 heterocycles. The highest BCUT2D eigenvalue weighted by molar-refractivity contribution is 6.21. The lowest BCUT2D eigenvalue weighted by Crippen LogP contribution is -2.34. The minimum atomic E-state index is -0.755. The van der Waals surface area contributed by atoms with Crippen molar-refractivity contribution < 1.29 is 33.1 Å². The molecule has 156 valence electrons. The highest BCUT2D eigenvalue weighted by Gasteiger charge is 2.36. The van der Waals surface area contributed by atoms with E-state index in [1.165, 1.54) is 24.5 Å². The van der Waals surface area contributed by atoms with Crippen LogP contribution in [0.4, 0.5) is 0 Å². The Balaban J connectivity index is 1.35. The van der Waals surface area contributed by atoms with Crippen LogP contribution in [-0.4, -0.2) is 54.5 Å². The third-order valence-corrected chi connectivity index (χ3v) is 4.99. The SMILES string of the molecule is O=C(COC(=O)c1ccc2c(c1)C(=O)N(Cc1ccco1)C2=O)NC[C@H]1CCCO1. The molecule has 0 bridgehead atoms. The summed E-state index contributed by atoms with van der Waals surface area (Å²) in [4.78, 5) is 50.3. The number of nitrogens with one attached hydrogen (secondary N) is 1. The molecule has 1 atom stereocenters. The smallest absolute Gasteiger partial charge is 0.338 e. The van der Waals surface area contributed by atoms with Gasteiger partial charge in [0, 0.05) is 13.2 Å². The Kier molecular flexibility index (Phi) is 5.62. The highest BCUT2D eigenvalue weighted by atomic mass is 16.5. The van der Waals surface area contributed by atoms with Gasteiger partial charge in [-0.25, -0.2) is 4.79 Å². The molecule has 0 saturated carbocycles. The quantitative estimate of drug-likeness (QED) is 0.542. The topological polar surface area (TPSA) is 115 Å². The van der Waals surface area contributed by atoms with Crippen LogP contribution in [0.1, 0.15) is 49.7 Å². The van der Waals surface area contributed by atoms with Crippen LogP contribution in [0, 0.1) is 0 Å². The van der Waals surface area contributed by atoms with Crippen molar-refractivity contribution >= 4 is 23.7 Å². The number of benzene rings is 1. The van der Waals surface area contributed by atoms with Crippen LogP contribution >= 0.6 is 0 Å². The number of imide groups is 1. The van der Waals surface area contributed by atoms with Gasteiger partial charge in [0.2, 0.25) is 0 Å². The lowest BCUT2D eigenvalue weighted by Gasteiger charge is -2.11. The molecule has 0 aliphatic carbocycles. The van der Waals surface area contributed by atoms with Gasteiger partial charge in [0.15, 0.2) is 6.61 Å². The molecule has 0 radical (unpaired) electrons. The standard InChI is InChI=1S/C21H20N2O7/c24-18(22-10-14-3-1-7-28-14)12-30-21(27)13-5-6-16-17(9-13)20(26)23(19(16)25)11-15-4-2-8-29-15/h2,4-6,8-9,14H,1,3,7,10-12H2,(H,22,24)/t14-/m1/s1. The number of amides is 3. The Bertz CT molecular complexity index is 977. The number of esters is 1. The molecule has 1 saturated heterocycles. The molecule has 1 fully saturated rings. The zero-order chi connectivity index (χ0) is 21.1. The van der Waals surface area contributed by atoms with Crippen LogP contribution in [0.25, 0.3) is 0 Å². The normalized spacial score (nSPS) is 17.9. The second kappa shape index (κ2) is 8.50. The van der Waals surface area contributed by atoms with E-state index in [0.29, 0.717) is 18.9 Å². The Hall–Kier alpha value is -3.46. The maximum atomic E-state index is 12.6. The summed E-state index contributed by atoms with van der Waals surface area (Å²) in [5, 5.41) is 2.66. The monoisotopic (exact) mass is 412 g/mol. The molecule has 0 spiro atoms. The predicted octanol–water partition coefficient (Wildman–Crippen LogP) is 1.53. The molecule has 9 heteroatoms. The molecule has 4 rings (SSSR count). The Morgan fingerprint density at radius 3 is 2.73 bits per heavy atom. The maximum absolute atomic E-state index is 12.6. The van der Waals surface area contributed by atoms with E-state index in [1.54, 1.807) is 12.1 Å². The van der Waals surface area contributed by atoms with E-state index in [0.717, 1.165) is 17.7 Å². The predicted molar refractivity (Wildman–Crippen MR) is 102 cm³/mol. The van der Waals surface area contributed by atoms with Crippen molar-refractivity contribution in [3.05, 3.63) is 59.0 Å². The fraction of sp³-hybridized carbons (Fsp3) is 0.333. The van der Waals surface area contributed by atoms with E-state index < -0.39 is 30.3 Å². The fourth-order valence-electron chi connectivity index (χ4n) is 3.42.